The number of carboxylic acid groups (broad SMARTS) is 2. The Labute approximate surface area is 282 Å². The molecule has 0 radical (unpaired) electrons. The van der Waals surface area contributed by atoms with Crippen LogP contribution in [0.1, 0.15) is 95.8 Å². The van der Waals surface area contributed by atoms with Crippen molar-refractivity contribution in [1.82, 2.24) is 4.58 Å². The van der Waals surface area contributed by atoms with Crippen LogP contribution in [-0.4, -0.2) is 48.3 Å². The summed E-state index contributed by atoms with van der Waals surface area (Å²) in [5.74, 6) is 0.482. The molecule has 0 fully saturated rings. The number of benzene rings is 4. The molecule has 250 valence electrons. The molecule has 7 nitrogen and oxygen atoms in total. The Morgan fingerprint density at radius 3 is 2.06 bits per heavy atom. The zero-order chi connectivity index (χ0) is 33.8. The molecule has 2 N–H and O–H groups in total. The number of unbranched alkanes of at least 4 members (excludes halogenated alkanes) is 4. The van der Waals surface area contributed by atoms with Gasteiger partial charge in [0.15, 0.2) is 6.54 Å². The van der Waals surface area contributed by atoms with Crippen molar-refractivity contribution in [3.8, 4) is 11.5 Å². The van der Waals surface area contributed by atoms with Crippen LogP contribution in [0.3, 0.4) is 0 Å². The molecule has 0 unspecified atom stereocenters. The minimum absolute atomic E-state index is 0.145. The van der Waals surface area contributed by atoms with Gasteiger partial charge in [0, 0.05) is 59.5 Å². The fourth-order valence-electron chi connectivity index (χ4n) is 8.67. The Hall–Kier alpha value is -4.39. The monoisotopic (exact) mass is 647 g/mol. The fourth-order valence-corrected chi connectivity index (χ4v) is 8.67. The van der Waals surface area contributed by atoms with Crippen molar-refractivity contribution in [2.24, 2.45) is 0 Å². The van der Waals surface area contributed by atoms with E-state index in [1.807, 2.05) is 0 Å². The second-order valence-electron chi connectivity index (χ2n) is 15.3. The number of rotatable bonds is 12. The van der Waals surface area contributed by atoms with E-state index in [-0.39, 0.29) is 23.7 Å². The molecule has 7 heteroatoms. The van der Waals surface area contributed by atoms with Gasteiger partial charge in [-0.1, -0.05) is 62.7 Å². The number of carbonyl (C=O) groups is 2. The van der Waals surface area contributed by atoms with Gasteiger partial charge in [0.05, 0.1) is 22.1 Å². The van der Waals surface area contributed by atoms with E-state index >= 15 is 0 Å². The molecule has 0 amide bonds. The Morgan fingerprint density at radius 1 is 0.750 bits per heavy atom. The van der Waals surface area contributed by atoms with Gasteiger partial charge in [-0.25, -0.2) is 4.58 Å². The highest BCUT2D eigenvalue weighted by atomic mass is 16.5. The zero-order valence-corrected chi connectivity index (χ0v) is 28.7. The van der Waals surface area contributed by atoms with Crippen LogP contribution in [0.15, 0.2) is 48.5 Å². The molecule has 0 aliphatic carbocycles. The van der Waals surface area contributed by atoms with Crippen LogP contribution in [0.4, 0.5) is 5.69 Å². The molecule has 4 aromatic carbocycles. The lowest BCUT2D eigenvalue weighted by Crippen LogP contribution is -2.30. The Kier molecular flexibility index (Phi) is 8.21. The van der Waals surface area contributed by atoms with Crippen molar-refractivity contribution in [3.05, 3.63) is 75.8 Å². The molecule has 3 aliphatic heterocycles. The Balaban J connectivity index is 1.39. The molecule has 0 spiro atoms. The summed E-state index contributed by atoms with van der Waals surface area (Å²) < 4.78 is 9.88. The first-order chi connectivity index (χ1) is 23.0. The molecule has 7 rings (SSSR count). The van der Waals surface area contributed by atoms with Crippen LogP contribution in [0, 0.1) is 0 Å². The summed E-state index contributed by atoms with van der Waals surface area (Å²) in [7, 11) is 0. The number of carboxylic acids is 2. The summed E-state index contributed by atoms with van der Waals surface area (Å²) >= 11 is 0. The SMILES string of the molecule is CC1(C)CN(CCCCCC(=O)O)c2c1c1c(c3ccccc23)C=c2c(c3c(c4ccccc24)=[N+](CCCCCC(=O)O)CC3(C)C)O1. The van der Waals surface area contributed by atoms with Crippen molar-refractivity contribution in [2.45, 2.75) is 89.9 Å². The van der Waals surface area contributed by atoms with Crippen molar-refractivity contribution in [2.75, 3.05) is 31.1 Å². The van der Waals surface area contributed by atoms with Crippen LogP contribution in [0.2, 0.25) is 0 Å². The van der Waals surface area contributed by atoms with Crippen LogP contribution in [0.5, 0.6) is 11.5 Å². The van der Waals surface area contributed by atoms with Crippen molar-refractivity contribution < 1.29 is 24.5 Å². The predicted octanol–water partition coefficient (Wildman–Crippen LogP) is 7.10. The third kappa shape index (κ3) is 5.51. The maximum absolute atomic E-state index is 11.1. The maximum atomic E-state index is 11.1. The van der Waals surface area contributed by atoms with Crippen LogP contribution >= 0.6 is 0 Å². The summed E-state index contributed by atoms with van der Waals surface area (Å²) in [5.41, 5.74) is 4.63. The van der Waals surface area contributed by atoms with Gasteiger partial charge in [0.1, 0.15) is 18.0 Å². The molecule has 0 saturated heterocycles. The minimum Gasteiger partial charge on any atom is -0.481 e. The highest BCUT2D eigenvalue weighted by Crippen LogP contribution is 2.54. The average Bonchev–Trinajstić information content (AvgIpc) is 3.48. The first kappa shape index (κ1) is 32.2. The van der Waals surface area contributed by atoms with Gasteiger partial charge in [-0.15, -0.1) is 0 Å². The van der Waals surface area contributed by atoms with E-state index in [0.717, 1.165) is 74.1 Å². The maximum Gasteiger partial charge on any atom is 0.303 e. The Bertz CT molecular complexity index is 2090. The molecule has 48 heavy (non-hydrogen) atoms. The number of ether oxygens (including phenoxy) is 1. The second kappa shape index (κ2) is 12.2. The summed E-state index contributed by atoms with van der Waals surface area (Å²) in [5, 5.41) is 25.5. The lowest BCUT2D eigenvalue weighted by atomic mass is 9.81. The molecular weight excluding hydrogens is 600 g/mol. The average molecular weight is 648 g/mol. The van der Waals surface area contributed by atoms with Gasteiger partial charge in [-0.2, -0.15) is 0 Å². The number of aliphatic carboxylic acids is 2. The van der Waals surface area contributed by atoms with E-state index in [2.05, 4.69) is 91.8 Å². The Morgan fingerprint density at radius 2 is 1.38 bits per heavy atom. The third-order valence-corrected chi connectivity index (χ3v) is 10.7. The van der Waals surface area contributed by atoms with Gasteiger partial charge in [0.2, 0.25) is 5.36 Å². The fraction of sp³-hybridized carbons (Fsp3) is 0.439. The van der Waals surface area contributed by atoms with Crippen molar-refractivity contribution >= 4 is 45.2 Å². The highest BCUT2D eigenvalue weighted by Gasteiger charge is 2.45. The van der Waals surface area contributed by atoms with Crippen LogP contribution < -0.4 is 24.8 Å². The number of anilines is 1. The lowest BCUT2D eigenvalue weighted by Gasteiger charge is -2.28. The van der Waals surface area contributed by atoms with E-state index in [9.17, 15) is 9.59 Å². The molecule has 0 aromatic heterocycles. The largest absolute Gasteiger partial charge is 0.481 e. The lowest BCUT2D eigenvalue weighted by molar-refractivity contribution is -0.138. The second-order valence-corrected chi connectivity index (χ2v) is 15.3. The van der Waals surface area contributed by atoms with E-state index in [1.54, 1.807) is 0 Å². The molecule has 3 aliphatic rings. The molecule has 3 heterocycles. The molecule has 0 bridgehead atoms. The van der Waals surface area contributed by atoms with E-state index in [0.29, 0.717) is 12.8 Å². The summed E-state index contributed by atoms with van der Waals surface area (Å²) in [6.07, 6.45) is 7.91. The van der Waals surface area contributed by atoms with Gasteiger partial charge in [-0.3, -0.25) is 9.59 Å². The molecule has 0 saturated carbocycles. The zero-order valence-electron chi connectivity index (χ0n) is 28.7. The van der Waals surface area contributed by atoms with Gasteiger partial charge in [0.25, 0.3) is 0 Å². The summed E-state index contributed by atoms with van der Waals surface area (Å²) in [6.45, 7) is 12.8. The predicted molar refractivity (Wildman–Crippen MR) is 192 cm³/mol. The van der Waals surface area contributed by atoms with Crippen molar-refractivity contribution in [1.29, 1.82) is 0 Å². The standard InChI is InChI=1S/C41H46N2O5/c1-40(2)24-42(21-13-5-7-19-32(44)45)36-28-17-11-9-15-26(28)30-23-31-27-16-10-12-18-29(27)37-35(39(31)48-38(30)34(36)40)41(3,4)25-43(37)22-14-6-8-20-33(46)47/h9-12,15-18,23H,5-8,13-14,19-22,24-25H2,1-4H3,(H-,44,45,46,47)/p+1. The van der Waals surface area contributed by atoms with Gasteiger partial charge < -0.3 is 19.8 Å². The van der Waals surface area contributed by atoms with Gasteiger partial charge in [-0.05, 0) is 62.4 Å². The van der Waals surface area contributed by atoms with Crippen molar-refractivity contribution in [3.63, 3.8) is 0 Å². The number of hydrogen-bond acceptors (Lipinski definition) is 4. The smallest absolute Gasteiger partial charge is 0.303 e. The number of nitrogens with zero attached hydrogens (tertiary/aromatic N) is 2. The van der Waals surface area contributed by atoms with Crippen LogP contribution in [0.25, 0.3) is 27.6 Å². The minimum atomic E-state index is -0.727. The van der Waals surface area contributed by atoms with Gasteiger partial charge >= 0.3 is 11.9 Å². The topological polar surface area (TPSA) is 90.1 Å². The van der Waals surface area contributed by atoms with E-state index in [1.165, 1.54) is 43.7 Å². The molecular formula is C41H47N2O5+. The van der Waals surface area contributed by atoms with E-state index < -0.39 is 11.9 Å². The first-order valence-electron chi connectivity index (χ1n) is 17.6. The number of fused-ring (bicyclic) bond motifs is 12. The number of hydrogen-bond donors (Lipinski definition) is 2. The highest BCUT2D eigenvalue weighted by molar-refractivity contribution is 6.06. The summed E-state index contributed by atoms with van der Waals surface area (Å²) in [4.78, 5) is 24.7. The molecule has 4 aromatic rings. The van der Waals surface area contributed by atoms with Crippen LogP contribution in [-0.2, 0) is 20.4 Å². The first-order valence-corrected chi connectivity index (χ1v) is 17.6. The third-order valence-electron chi connectivity index (χ3n) is 10.7. The molecule has 0 atom stereocenters. The van der Waals surface area contributed by atoms with E-state index in [4.69, 9.17) is 14.9 Å². The quantitative estimate of drug-likeness (QED) is 0.111. The normalized spacial score (nSPS) is 16.7. The summed E-state index contributed by atoms with van der Waals surface area (Å²) in [6, 6.07) is 17.4.